The van der Waals surface area contributed by atoms with Crippen molar-refractivity contribution in [2.75, 3.05) is 12.3 Å². The first-order valence-electron chi connectivity index (χ1n) is 4.63. The highest BCUT2D eigenvalue weighted by Crippen LogP contribution is 2.22. The Kier molecular flexibility index (Phi) is 3.74. The van der Waals surface area contributed by atoms with Crippen LogP contribution in [-0.4, -0.2) is 12.5 Å². The number of amides is 1. The Balaban J connectivity index is 2.86. The highest BCUT2D eigenvalue weighted by molar-refractivity contribution is 5.90. The van der Waals surface area contributed by atoms with Gasteiger partial charge in [-0.05, 0) is 30.7 Å². The van der Waals surface area contributed by atoms with Gasteiger partial charge in [-0.2, -0.15) is 0 Å². The van der Waals surface area contributed by atoms with Gasteiger partial charge < -0.3 is 16.2 Å². The third kappa shape index (κ3) is 3.34. The Bertz CT molecular complexity index is 386. The molecule has 0 saturated carbocycles. The number of hydrogen-bond donors (Lipinski definition) is 2. The molecule has 0 aliphatic heterocycles. The van der Waals surface area contributed by atoms with Crippen LogP contribution in [0, 0.1) is 0 Å². The van der Waals surface area contributed by atoms with Crippen molar-refractivity contribution in [1.29, 1.82) is 0 Å². The normalized spacial score (nSPS) is 10.5. The highest BCUT2D eigenvalue weighted by Gasteiger charge is 1.99. The summed E-state index contributed by atoms with van der Waals surface area (Å²) in [6, 6.07) is 5.30. The molecule has 1 rings (SSSR count). The number of nitrogens with two attached hydrogens (primary N) is 2. The van der Waals surface area contributed by atoms with E-state index in [9.17, 15) is 4.79 Å². The van der Waals surface area contributed by atoms with Crippen LogP contribution < -0.4 is 16.2 Å². The van der Waals surface area contributed by atoms with Gasteiger partial charge in [-0.3, -0.25) is 4.79 Å². The molecule has 0 atom stereocenters. The molecule has 0 aliphatic carbocycles. The number of benzene rings is 1. The second-order valence-electron chi connectivity index (χ2n) is 2.97. The summed E-state index contributed by atoms with van der Waals surface area (Å²) >= 11 is 0. The zero-order chi connectivity index (χ0) is 11.3. The Morgan fingerprint density at radius 3 is 2.80 bits per heavy atom. The molecular formula is C11H14N2O2. The van der Waals surface area contributed by atoms with E-state index < -0.39 is 5.91 Å². The lowest BCUT2D eigenvalue weighted by Crippen LogP contribution is -2.05. The molecule has 0 heterocycles. The van der Waals surface area contributed by atoms with E-state index in [1.165, 1.54) is 6.08 Å². The molecule has 0 radical (unpaired) electrons. The predicted molar refractivity (Wildman–Crippen MR) is 60.3 cm³/mol. The average Bonchev–Trinajstić information content (AvgIpc) is 2.19. The van der Waals surface area contributed by atoms with Crippen LogP contribution in [0.1, 0.15) is 12.5 Å². The van der Waals surface area contributed by atoms with Crippen LogP contribution >= 0.6 is 0 Å². The van der Waals surface area contributed by atoms with E-state index in [0.717, 1.165) is 5.56 Å². The van der Waals surface area contributed by atoms with Gasteiger partial charge in [0.05, 0.1) is 12.3 Å². The summed E-state index contributed by atoms with van der Waals surface area (Å²) < 4.78 is 5.28. The molecule has 1 aromatic carbocycles. The summed E-state index contributed by atoms with van der Waals surface area (Å²) in [6.07, 6.45) is 2.89. The maximum absolute atomic E-state index is 10.5. The minimum atomic E-state index is -0.484. The number of carbonyl (C=O) groups excluding carboxylic acids is 1. The van der Waals surface area contributed by atoms with Crippen molar-refractivity contribution in [3.63, 3.8) is 0 Å². The second kappa shape index (κ2) is 5.05. The Hall–Kier alpha value is -1.97. The Morgan fingerprint density at radius 2 is 2.27 bits per heavy atom. The lowest BCUT2D eigenvalue weighted by molar-refractivity contribution is -0.113. The molecule has 0 spiro atoms. The monoisotopic (exact) mass is 206 g/mol. The zero-order valence-corrected chi connectivity index (χ0v) is 8.57. The van der Waals surface area contributed by atoms with E-state index in [1.54, 1.807) is 24.3 Å². The van der Waals surface area contributed by atoms with Crippen molar-refractivity contribution in [3.05, 3.63) is 29.8 Å². The van der Waals surface area contributed by atoms with Gasteiger partial charge in [-0.15, -0.1) is 0 Å². The molecular weight excluding hydrogens is 192 g/mol. The van der Waals surface area contributed by atoms with Gasteiger partial charge in [0.2, 0.25) is 5.91 Å². The molecule has 1 amide bonds. The zero-order valence-electron chi connectivity index (χ0n) is 8.57. The summed E-state index contributed by atoms with van der Waals surface area (Å²) in [6.45, 7) is 2.46. The molecule has 0 bridgehead atoms. The van der Waals surface area contributed by atoms with Crippen LogP contribution in [0.4, 0.5) is 5.69 Å². The number of anilines is 1. The fourth-order valence-corrected chi connectivity index (χ4v) is 1.14. The third-order valence-corrected chi connectivity index (χ3v) is 1.77. The van der Waals surface area contributed by atoms with Crippen molar-refractivity contribution in [2.45, 2.75) is 6.92 Å². The molecule has 0 fully saturated rings. The molecule has 0 saturated heterocycles. The van der Waals surface area contributed by atoms with E-state index in [2.05, 4.69) is 0 Å². The SMILES string of the molecule is CCOc1ccc(/C=C\C(N)=O)cc1N. The van der Waals surface area contributed by atoms with Gasteiger partial charge in [0.25, 0.3) is 0 Å². The van der Waals surface area contributed by atoms with Gasteiger partial charge in [0.15, 0.2) is 0 Å². The van der Waals surface area contributed by atoms with Crippen LogP contribution in [0.3, 0.4) is 0 Å². The number of ether oxygens (including phenoxy) is 1. The molecule has 0 unspecified atom stereocenters. The van der Waals surface area contributed by atoms with Gasteiger partial charge >= 0.3 is 0 Å². The van der Waals surface area contributed by atoms with E-state index in [0.29, 0.717) is 18.0 Å². The fraction of sp³-hybridized carbons (Fsp3) is 0.182. The molecule has 4 nitrogen and oxygen atoms in total. The topological polar surface area (TPSA) is 78.3 Å². The van der Waals surface area contributed by atoms with Crippen molar-refractivity contribution in [3.8, 4) is 5.75 Å². The molecule has 4 heteroatoms. The molecule has 15 heavy (non-hydrogen) atoms. The fourth-order valence-electron chi connectivity index (χ4n) is 1.14. The Labute approximate surface area is 88.5 Å². The van der Waals surface area contributed by atoms with Crippen LogP contribution in [-0.2, 0) is 4.79 Å². The van der Waals surface area contributed by atoms with Crippen LogP contribution in [0.15, 0.2) is 24.3 Å². The van der Waals surface area contributed by atoms with Gasteiger partial charge in [0, 0.05) is 6.08 Å². The van der Waals surface area contributed by atoms with Crippen molar-refractivity contribution in [2.24, 2.45) is 5.73 Å². The smallest absolute Gasteiger partial charge is 0.241 e. The minimum Gasteiger partial charge on any atom is -0.492 e. The third-order valence-electron chi connectivity index (χ3n) is 1.77. The van der Waals surface area contributed by atoms with E-state index in [4.69, 9.17) is 16.2 Å². The molecule has 0 aromatic heterocycles. The van der Waals surface area contributed by atoms with Crippen molar-refractivity contribution < 1.29 is 9.53 Å². The summed E-state index contributed by atoms with van der Waals surface area (Å²) in [7, 11) is 0. The highest BCUT2D eigenvalue weighted by atomic mass is 16.5. The predicted octanol–water partition coefficient (Wildman–Crippen LogP) is 1.17. The van der Waals surface area contributed by atoms with Gasteiger partial charge in [0.1, 0.15) is 5.75 Å². The summed E-state index contributed by atoms with van der Waals surface area (Å²) in [5, 5.41) is 0. The largest absolute Gasteiger partial charge is 0.492 e. The number of hydrogen-bond acceptors (Lipinski definition) is 3. The number of carbonyl (C=O) groups is 1. The first kappa shape index (κ1) is 11.1. The number of primary amides is 1. The number of rotatable bonds is 4. The minimum absolute atomic E-state index is 0.484. The average molecular weight is 206 g/mol. The lowest BCUT2D eigenvalue weighted by Gasteiger charge is -2.06. The molecule has 0 aliphatic rings. The van der Waals surface area contributed by atoms with Crippen LogP contribution in [0.2, 0.25) is 0 Å². The van der Waals surface area contributed by atoms with E-state index >= 15 is 0 Å². The van der Waals surface area contributed by atoms with Crippen molar-refractivity contribution in [1.82, 2.24) is 0 Å². The Morgan fingerprint density at radius 1 is 1.53 bits per heavy atom. The van der Waals surface area contributed by atoms with Gasteiger partial charge in [-0.25, -0.2) is 0 Å². The molecule has 1 aromatic rings. The van der Waals surface area contributed by atoms with Crippen LogP contribution in [0.5, 0.6) is 5.75 Å². The quantitative estimate of drug-likeness (QED) is 0.573. The standard InChI is InChI=1S/C11H14N2O2/c1-2-15-10-5-3-8(7-9(10)12)4-6-11(13)14/h3-7H,2,12H2,1H3,(H2,13,14)/b6-4-. The van der Waals surface area contributed by atoms with Crippen molar-refractivity contribution >= 4 is 17.7 Å². The summed E-state index contributed by atoms with van der Waals surface area (Å²) in [4.78, 5) is 10.5. The maximum Gasteiger partial charge on any atom is 0.241 e. The first-order valence-corrected chi connectivity index (χ1v) is 4.63. The van der Waals surface area contributed by atoms with Crippen LogP contribution in [0.25, 0.3) is 6.08 Å². The second-order valence-corrected chi connectivity index (χ2v) is 2.97. The summed E-state index contributed by atoms with van der Waals surface area (Å²) in [5.41, 5.74) is 12.1. The first-order chi connectivity index (χ1) is 7.13. The number of nitrogen functional groups attached to an aromatic ring is 1. The maximum atomic E-state index is 10.5. The summed E-state index contributed by atoms with van der Waals surface area (Å²) in [5.74, 6) is 0.163. The van der Waals surface area contributed by atoms with E-state index in [1.807, 2.05) is 6.92 Å². The molecule has 4 N–H and O–H groups in total. The van der Waals surface area contributed by atoms with Gasteiger partial charge in [-0.1, -0.05) is 6.07 Å². The van der Waals surface area contributed by atoms with E-state index in [-0.39, 0.29) is 0 Å². The molecule has 80 valence electrons. The lowest BCUT2D eigenvalue weighted by atomic mass is 10.1.